The first-order valence-electron chi connectivity index (χ1n) is 7.10. The monoisotopic (exact) mass is 280 g/mol. The van der Waals surface area contributed by atoms with Gasteiger partial charge in [-0.25, -0.2) is 0 Å². The lowest BCUT2D eigenvalue weighted by Gasteiger charge is -2.32. The number of rotatable bonds is 6. The van der Waals surface area contributed by atoms with Gasteiger partial charge in [-0.15, -0.1) is 0 Å². The van der Waals surface area contributed by atoms with Crippen molar-refractivity contribution in [2.75, 3.05) is 40.0 Å². The van der Waals surface area contributed by atoms with Gasteiger partial charge in [0, 0.05) is 25.2 Å². The Kier molecular flexibility index (Phi) is 5.64. The maximum absolute atomic E-state index is 5.87. The highest BCUT2D eigenvalue weighted by atomic mass is 16.5. The van der Waals surface area contributed by atoms with Gasteiger partial charge < -0.3 is 19.9 Å². The van der Waals surface area contributed by atoms with Crippen LogP contribution in [0, 0.1) is 0 Å². The van der Waals surface area contributed by atoms with E-state index in [9.17, 15) is 0 Å². The van der Waals surface area contributed by atoms with Gasteiger partial charge in [0.25, 0.3) is 0 Å². The number of hydrogen-bond acceptors (Lipinski definition) is 5. The average Bonchev–Trinajstić information content (AvgIpc) is 2.52. The van der Waals surface area contributed by atoms with Gasteiger partial charge in [0.2, 0.25) is 0 Å². The molecule has 2 N–H and O–H groups in total. The molecule has 1 aliphatic rings. The standard InChI is InChI=1S/C15H24N2O3/c1-3-17-6-7-19-14(10-17)11-20-15-5-4-13(18-2)8-12(15)9-16/h4-5,8,14H,3,6-7,9-11,16H2,1-2H3. The average molecular weight is 280 g/mol. The molecule has 5 heteroatoms. The number of nitrogens with two attached hydrogens (primary N) is 1. The number of ether oxygens (including phenoxy) is 3. The minimum absolute atomic E-state index is 0.122. The lowest BCUT2D eigenvalue weighted by atomic mass is 10.2. The molecule has 0 bridgehead atoms. The van der Waals surface area contributed by atoms with Gasteiger partial charge >= 0.3 is 0 Å². The van der Waals surface area contributed by atoms with Gasteiger partial charge in [-0.2, -0.15) is 0 Å². The number of likely N-dealkylation sites (N-methyl/N-ethyl adjacent to an activating group) is 1. The second-order valence-corrected chi connectivity index (χ2v) is 4.87. The first-order chi connectivity index (χ1) is 9.76. The van der Waals surface area contributed by atoms with Crippen molar-refractivity contribution < 1.29 is 14.2 Å². The summed E-state index contributed by atoms with van der Waals surface area (Å²) in [5.41, 5.74) is 6.70. The van der Waals surface area contributed by atoms with Gasteiger partial charge in [0.15, 0.2) is 0 Å². The molecular weight excluding hydrogens is 256 g/mol. The number of hydrogen-bond donors (Lipinski definition) is 1. The summed E-state index contributed by atoms with van der Waals surface area (Å²) in [7, 11) is 1.64. The van der Waals surface area contributed by atoms with Crippen molar-refractivity contribution in [2.24, 2.45) is 5.73 Å². The molecular formula is C15H24N2O3. The van der Waals surface area contributed by atoms with Crippen LogP contribution < -0.4 is 15.2 Å². The molecule has 1 aromatic carbocycles. The lowest BCUT2D eigenvalue weighted by Crippen LogP contribution is -2.44. The van der Waals surface area contributed by atoms with E-state index in [1.165, 1.54) is 0 Å². The molecule has 1 aromatic rings. The molecule has 1 fully saturated rings. The van der Waals surface area contributed by atoms with E-state index in [-0.39, 0.29) is 6.10 Å². The number of methoxy groups -OCH3 is 1. The quantitative estimate of drug-likeness (QED) is 0.850. The van der Waals surface area contributed by atoms with Crippen molar-refractivity contribution in [2.45, 2.75) is 19.6 Å². The Morgan fingerprint density at radius 3 is 3.00 bits per heavy atom. The Labute approximate surface area is 120 Å². The lowest BCUT2D eigenvalue weighted by molar-refractivity contribution is -0.0465. The molecule has 1 aliphatic heterocycles. The third-order valence-electron chi connectivity index (χ3n) is 3.58. The number of morpholine rings is 1. The summed E-state index contributed by atoms with van der Waals surface area (Å²) in [6.45, 7) is 6.90. The molecule has 0 aliphatic carbocycles. The van der Waals surface area contributed by atoms with Crippen molar-refractivity contribution >= 4 is 0 Å². The van der Waals surface area contributed by atoms with Crippen molar-refractivity contribution in [3.63, 3.8) is 0 Å². The Balaban J connectivity index is 1.93. The van der Waals surface area contributed by atoms with Crippen molar-refractivity contribution in [3.05, 3.63) is 23.8 Å². The summed E-state index contributed by atoms with van der Waals surface area (Å²) >= 11 is 0. The highest BCUT2D eigenvalue weighted by Crippen LogP contribution is 2.24. The van der Waals surface area contributed by atoms with Crippen LogP contribution in [0.2, 0.25) is 0 Å². The summed E-state index contributed by atoms with van der Waals surface area (Å²) in [4.78, 5) is 2.37. The molecule has 0 spiro atoms. The van der Waals surface area contributed by atoms with Crippen LogP contribution in [0.1, 0.15) is 12.5 Å². The maximum atomic E-state index is 5.87. The van der Waals surface area contributed by atoms with Crippen LogP contribution in [0.4, 0.5) is 0 Å². The topological polar surface area (TPSA) is 57.0 Å². The summed E-state index contributed by atoms with van der Waals surface area (Å²) < 4.78 is 16.8. The van der Waals surface area contributed by atoms with Crippen LogP contribution in [0.15, 0.2) is 18.2 Å². The van der Waals surface area contributed by atoms with Gasteiger partial charge in [-0.3, -0.25) is 4.90 Å². The predicted molar refractivity (Wildman–Crippen MR) is 78.2 cm³/mol. The molecule has 1 unspecified atom stereocenters. The molecule has 1 heterocycles. The van der Waals surface area contributed by atoms with Crippen LogP contribution in [0.25, 0.3) is 0 Å². The normalized spacial score (nSPS) is 19.9. The predicted octanol–water partition coefficient (Wildman–Crippen LogP) is 1.25. The fourth-order valence-corrected chi connectivity index (χ4v) is 2.33. The minimum Gasteiger partial charge on any atom is -0.497 e. The first-order valence-corrected chi connectivity index (χ1v) is 7.10. The molecule has 1 atom stereocenters. The molecule has 20 heavy (non-hydrogen) atoms. The Hall–Kier alpha value is -1.30. The Morgan fingerprint density at radius 2 is 2.30 bits per heavy atom. The third kappa shape index (κ3) is 3.85. The van der Waals surface area contributed by atoms with Gasteiger partial charge in [0.1, 0.15) is 24.2 Å². The second-order valence-electron chi connectivity index (χ2n) is 4.87. The van der Waals surface area contributed by atoms with Crippen LogP contribution >= 0.6 is 0 Å². The Bertz CT molecular complexity index is 426. The molecule has 5 nitrogen and oxygen atoms in total. The molecule has 0 aromatic heterocycles. The van der Waals surface area contributed by atoms with E-state index in [1.54, 1.807) is 7.11 Å². The molecule has 112 valence electrons. The van der Waals surface area contributed by atoms with Crippen molar-refractivity contribution in [1.82, 2.24) is 4.90 Å². The van der Waals surface area contributed by atoms with E-state index < -0.39 is 0 Å². The molecule has 2 rings (SSSR count). The first kappa shape index (κ1) is 15.1. The zero-order valence-electron chi connectivity index (χ0n) is 12.3. The summed E-state index contributed by atoms with van der Waals surface area (Å²) in [5, 5.41) is 0. The summed E-state index contributed by atoms with van der Waals surface area (Å²) in [5.74, 6) is 1.61. The van der Waals surface area contributed by atoms with Gasteiger partial charge in [-0.1, -0.05) is 6.92 Å². The maximum Gasteiger partial charge on any atom is 0.124 e. The number of nitrogens with zero attached hydrogens (tertiary/aromatic N) is 1. The smallest absolute Gasteiger partial charge is 0.124 e. The molecule has 1 saturated heterocycles. The number of benzene rings is 1. The fraction of sp³-hybridized carbons (Fsp3) is 0.600. The van der Waals surface area contributed by atoms with E-state index in [0.717, 1.165) is 43.3 Å². The largest absolute Gasteiger partial charge is 0.497 e. The third-order valence-corrected chi connectivity index (χ3v) is 3.58. The van der Waals surface area contributed by atoms with Crippen molar-refractivity contribution in [1.29, 1.82) is 0 Å². The van der Waals surface area contributed by atoms with Crippen LogP contribution in [-0.4, -0.2) is 51.0 Å². The van der Waals surface area contributed by atoms with Crippen LogP contribution in [0.3, 0.4) is 0 Å². The van der Waals surface area contributed by atoms with Crippen LogP contribution in [-0.2, 0) is 11.3 Å². The minimum atomic E-state index is 0.122. The highest BCUT2D eigenvalue weighted by Gasteiger charge is 2.20. The molecule has 0 radical (unpaired) electrons. The van der Waals surface area contributed by atoms with Crippen LogP contribution in [0.5, 0.6) is 11.5 Å². The highest BCUT2D eigenvalue weighted by molar-refractivity contribution is 5.40. The Morgan fingerprint density at radius 1 is 1.45 bits per heavy atom. The summed E-state index contributed by atoms with van der Waals surface area (Å²) in [6.07, 6.45) is 0.122. The van der Waals surface area contributed by atoms with Gasteiger partial charge in [0.05, 0.1) is 13.7 Å². The van der Waals surface area contributed by atoms with E-state index >= 15 is 0 Å². The van der Waals surface area contributed by atoms with E-state index in [1.807, 2.05) is 18.2 Å². The zero-order chi connectivity index (χ0) is 14.4. The van der Waals surface area contributed by atoms with Crippen molar-refractivity contribution in [3.8, 4) is 11.5 Å². The van der Waals surface area contributed by atoms with E-state index in [0.29, 0.717) is 13.2 Å². The van der Waals surface area contributed by atoms with E-state index in [4.69, 9.17) is 19.9 Å². The molecule has 0 amide bonds. The zero-order valence-corrected chi connectivity index (χ0v) is 12.3. The second kappa shape index (κ2) is 7.47. The summed E-state index contributed by atoms with van der Waals surface area (Å²) in [6, 6.07) is 5.70. The fourth-order valence-electron chi connectivity index (χ4n) is 2.33. The molecule has 0 saturated carbocycles. The van der Waals surface area contributed by atoms with E-state index in [2.05, 4.69) is 11.8 Å². The van der Waals surface area contributed by atoms with Gasteiger partial charge in [-0.05, 0) is 24.7 Å². The SMILES string of the molecule is CCN1CCOC(COc2ccc(OC)cc2CN)C1.